The summed E-state index contributed by atoms with van der Waals surface area (Å²) in [4.78, 5) is 22.1. The van der Waals surface area contributed by atoms with Crippen LogP contribution in [-0.2, 0) is 0 Å². The van der Waals surface area contributed by atoms with Crippen molar-refractivity contribution in [1.29, 1.82) is 0 Å². The molecule has 6 heteroatoms. The SMILES string of the molecule is COc1ccc2cc(C#Cc3ccc(-n4c(/C=C/c5c[nH]c6ccc(OC)cc56)nc5ccccc5c4=O)c(C)c3)ccc2c1. The Morgan fingerprint density at radius 1 is 0.756 bits per heavy atom. The molecule has 0 bridgehead atoms. The van der Waals surface area contributed by atoms with Crippen LogP contribution >= 0.6 is 0 Å². The molecular formula is C39H29N3O3. The first-order valence-electron chi connectivity index (χ1n) is 14.6. The second-order valence-electron chi connectivity index (χ2n) is 10.8. The van der Waals surface area contributed by atoms with Crippen molar-refractivity contribution < 1.29 is 9.47 Å². The molecule has 7 aromatic rings. The molecule has 0 radical (unpaired) electrons. The number of nitrogens with one attached hydrogen (secondary N) is 1. The fraction of sp³-hybridized carbons (Fsp3) is 0.0769. The van der Waals surface area contributed by atoms with E-state index in [2.05, 4.69) is 29.0 Å². The van der Waals surface area contributed by atoms with Gasteiger partial charge in [-0.25, -0.2) is 4.98 Å². The standard InChI is InChI=1S/C39H29N3O3/c1-25-20-26(8-9-27-10-12-29-22-31(44-2)15-13-28(29)21-27)11-18-37(25)42-38(41-36-7-5-4-6-33(36)39(42)43)19-14-30-24-40-35-17-16-32(45-3)23-34(30)35/h4-7,10-24,40H,1-3H3/b19-14+. The first kappa shape index (κ1) is 27.8. The molecule has 1 N–H and O–H groups in total. The molecule has 5 aromatic carbocycles. The van der Waals surface area contributed by atoms with Crippen LogP contribution in [0, 0.1) is 18.8 Å². The molecule has 218 valence electrons. The van der Waals surface area contributed by atoms with Gasteiger partial charge in [-0.2, -0.15) is 0 Å². The predicted octanol–water partition coefficient (Wildman–Crippen LogP) is 7.92. The monoisotopic (exact) mass is 587 g/mol. The molecule has 0 saturated heterocycles. The fourth-order valence-corrected chi connectivity index (χ4v) is 5.60. The molecule has 0 fully saturated rings. The quantitative estimate of drug-likeness (QED) is 0.208. The van der Waals surface area contributed by atoms with E-state index in [0.717, 1.165) is 61.1 Å². The van der Waals surface area contributed by atoms with Crippen molar-refractivity contribution in [1.82, 2.24) is 14.5 Å². The summed E-state index contributed by atoms with van der Waals surface area (Å²) in [7, 11) is 3.32. The minimum absolute atomic E-state index is 0.129. The Hall–Kier alpha value is -6.06. The number of aromatic amines is 1. The number of benzene rings is 5. The van der Waals surface area contributed by atoms with Crippen LogP contribution in [0.4, 0.5) is 0 Å². The van der Waals surface area contributed by atoms with E-state index in [0.29, 0.717) is 16.7 Å². The molecule has 7 rings (SSSR count). The van der Waals surface area contributed by atoms with Crippen LogP contribution in [0.15, 0.2) is 108 Å². The molecule has 0 spiro atoms. The molecule has 0 amide bonds. The van der Waals surface area contributed by atoms with Crippen LogP contribution < -0.4 is 15.0 Å². The number of rotatable bonds is 5. The van der Waals surface area contributed by atoms with Gasteiger partial charge in [0.05, 0.1) is 30.8 Å². The van der Waals surface area contributed by atoms with Gasteiger partial charge in [0, 0.05) is 33.8 Å². The minimum atomic E-state index is -0.129. The molecule has 0 atom stereocenters. The Labute approximate surface area is 260 Å². The van der Waals surface area contributed by atoms with Crippen LogP contribution in [0.2, 0.25) is 0 Å². The Morgan fingerprint density at radius 2 is 1.47 bits per heavy atom. The highest BCUT2D eigenvalue weighted by molar-refractivity contribution is 5.92. The lowest BCUT2D eigenvalue weighted by atomic mass is 10.1. The fourth-order valence-electron chi connectivity index (χ4n) is 5.60. The van der Waals surface area contributed by atoms with E-state index in [-0.39, 0.29) is 5.56 Å². The van der Waals surface area contributed by atoms with E-state index < -0.39 is 0 Å². The summed E-state index contributed by atoms with van der Waals surface area (Å²) in [6, 6.07) is 31.4. The molecule has 45 heavy (non-hydrogen) atoms. The number of aromatic nitrogens is 3. The largest absolute Gasteiger partial charge is 0.497 e. The number of hydrogen-bond donors (Lipinski definition) is 1. The van der Waals surface area contributed by atoms with Crippen molar-refractivity contribution in [2.75, 3.05) is 14.2 Å². The van der Waals surface area contributed by atoms with Crippen molar-refractivity contribution in [2.24, 2.45) is 0 Å². The van der Waals surface area contributed by atoms with E-state index >= 15 is 0 Å². The molecule has 0 saturated carbocycles. The first-order valence-corrected chi connectivity index (χ1v) is 14.6. The topological polar surface area (TPSA) is 69.1 Å². The molecule has 0 aliphatic heterocycles. The molecule has 2 aromatic heterocycles. The van der Waals surface area contributed by atoms with Gasteiger partial charge >= 0.3 is 0 Å². The van der Waals surface area contributed by atoms with Gasteiger partial charge in [0.15, 0.2) is 0 Å². The number of aryl methyl sites for hydroxylation is 1. The molecular weight excluding hydrogens is 558 g/mol. The lowest BCUT2D eigenvalue weighted by Crippen LogP contribution is -2.23. The molecule has 0 aliphatic rings. The smallest absolute Gasteiger partial charge is 0.266 e. The van der Waals surface area contributed by atoms with Crippen molar-refractivity contribution in [3.05, 3.63) is 142 Å². The normalized spacial score (nSPS) is 11.3. The summed E-state index contributed by atoms with van der Waals surface area (Å²) in [6.45, 7) is 1.99. The van der Waals surface area contributed by atoms with Crippen LogP contribution in [0.25, 0.3) is 50.4 Å². The number of nitrogens with zero attached hydrogens (tertiary/aromatic N) is 2. The number of para-hydroxylation sites is 1. The number of methoxy groups -OCH3 is 2. The highest BCUT2D eigenvalue weighted by atomic mass is 16.5. The van der Waals surface area contributed by atoms with Crippen LogP contribution in [0.5, 0.6) is 11.5 Å². The predicted molar refractivity (Wildman–Crippen MR) is 182 cm³/mol. The Balaban J connectivity index is 1.27. The number of fused-ring (bicyclic) bond motifs is 3. The van der Waals surface area contributed by atoms with Gasteiger partial charge in [0.1, 0.15) is 17.3 Å². The summed E-state index contributed by atoms with van der Waals surface area (Å²) in [6.07, 6.45) is 5.80. The highest BCUT2D eigenvalue weighted by Crippen LogP contribution is 2.26. The average molecular weight is 588 g/mol. The summed E-state index contributed by atoms with van der Waals surface area (Å²) in [5.74, 6) is 8.72. The van der Waals surface area contributed by atoms with Gasteiger partial charge in [0.2, 0.25) is 0 Å². The third kappa shape index (κ3) is 5.32. The second-order valence-corrected chi connectivity index (χ2v) is 10.8. The lowest BCUT2D eigenvalue weighted by molar-refractivity contribution is 0.415. The molecule has 0 unspecified atom stereocenters. The maximum Gasteiger partial charge on any atom is 0.266 e. The Bertz CT molecular complexity index is 2400. The maximum atomic E-state index is 13.9. The van der Waals surface area contributed by atoms with E-state index in [1.54, 1.807) is 18.8 Å². The lowest BCUT2D eigenvalue weighted by Gasteiger charge is -2.14. The first-order chi connectivity index (χ1) is 22.0. The average Bonchev–Trinajstić information content (AvgIpc) is 3.48. The van der Waals surface area contributed by atoms with E-state index in [4.69, 9.17) is 14.5 Å². The third-order valence-electron chi connectivity index (χ3n) is 7.97. The highest BCUT2D eigenvalue weighted by Gasteiger charge is 2.14. The van der Waals surface area contributed by atoms with E-state index in [1.165, 1.54) is 0 Å². The second kappa shape index (κ2) is 11.6. The van der Waals surface area contributed by atoms with Gasteiger partial charge < -0.3 is 14.5 Å². The minimum Gasteiger partial charge on any atom is -0.497 e. The summed E-state index contributed by atoms with van der Waals surface area (Å²) >= 11 is 0. The number of H-pyrrole nitrogens is 1. The van der Waals surface area contributed by atoms with E-state index in [9.17, 15) is 4.79 Å². The van der Waals surface area contributed by atoms with Crippen molar-refractivity contribution in [3.8, 4) is 29.0 Å². The van der Waals surface area contributed by atoms with Crippen molar-refractivity contribution >= 4 is 44.7 Å². The van der Waals surface area contributed by atoms with Gasteiger partial charge in [-0.15, -0.1) is 0 Å². The van der Waals surface area contributed by atoms with Crippen molar-refractivity contribution in [2.45, 2.75) is 6.92 Å². The zero-order valence-electron chi connectivity index (χ0n) is 25.1. The van der Waals surface area contributed by atoms with Gasteiger partial charge in [-0.1, -0.05) is 36.1 Å². The summed E-state index contributed by atoms with van der Waals surface area (Å²) < 4.78 is 12.4. The number of ether oxygens (including phenoxy) is 2. The van der Waals surface area contributed by atoms with Gasteiger partial charge in [-0.3, -0.25) is 9.36 Å². The molecule has 2 heterocycles. The summed E-state index contributed by atoms with van der Waals surface area (Å²) in [5.41, 5.74) is 5.93. The Kier molecular flexibility index (Phi) is 7.13. The zero-order chi connectivity index (χ0) is 30.9. The van der Waals surface area contributed by atoms with Gasteiger partial charge in [0.25, 0.3) is 5.56 Å². The van der Waals surface area contributed by atoms with Crippen LogP contribution in [-0.4, -0.2) is 28.8 Å². The third-order valence-corrected chi connectivity index (χ3v) is 7.97. The zero-order valence-corrected chi connectivity index (χ0v) is 25.1. The Morgan fingerprint density at radius 3 is 2.29 bits per heavy atom. The van der Waals surface area contributed by atoms with Crippen LogP contribution in [0.3, 0.4) is 0 Å². The number of hydrogen-bond acceptors (Lipinski definition) is 4. The molecule has 6 nitrogen and oxygen atoms in total. The molecule has 0 aliphatic carbocycles. The van der Waals surface area contributed by atoms with Crippen LogP contribution in [0.1, 0.15) is 28.1 Å². The maximum absolute atomic E-state index is 13.9. The van der Waals surface area contributed by atoms with E-state index in [1.807, 2.05) is 110 Å². The van der Waals surface area contributed by atoms with Gasteiger partial charge in [-0.05, 0) is 108 Å². The summed E-state index contributed by atoms with van der Waals surface area (Å²) in [5, 5.41) is 3.78. The van der Waals surface area contributed by atoms with Crippen molar-refractivity contribution in [3.63, 3.8) is 0 Å².